The van der Waals surface area contributed by atoms with E-state index < -0.39 is 0 Å². The van der Waals surface area contributed by atoms with Crippen molar-refractivity contribution in [2.75, 3.05) is 11.9 Å². The van der Waals surface area contributed by atoms with Crippen molar-refractivity contribution >= 4 is 22.3 Å². The molecule has 1 heterocycles. The third kappa shape index (κ3) is 3.51. The SMILES string of the molecule is CCOc1ccc2nc(C)cc(Nc3ccc(C(C)C)cc3)c2c1. The largest absolute Gasteiger partial charge is 0.494 e. The van der Waals surface area contributed by atoms with E-state index in [1.807, 2.05) is 26.0 Å². The second kappa shape index (κ2) is 6.91. The number of nitrogens with one attached hydrogen (secondary N) is 1. The van der Waals surface area contributed by atoms with Gasteiger partial charge in [-0.1, -0.05) is 26.0 Å². The van der Waals surface area contributed by atoms with E-state index in [0.29, 0.717) is 12.5 Å². The Labute approximate surface area is 143 Å². The molecule has 0 fully saturated rings. The topological polar surface area (TPSA) is 34.1 Å². The van der Waals surface area contributed by atoms with E-state index in [2.05, 4.69) is 60.5 Å². The Bertz CT molecular complexity index is 838. The zero-order valence-electron chi connectivity index (χ0n) is 14.8. The van der Waals surface area contributed by atoms with Crippen LogP contribution in [-0.4, -0.2) is 11.6 Å². The Morgan fingerprint density at radius 1 is 1.04 bits per heavy atom. The molecule has 0 aliphatic heterocycles. The van der Waals surface area contributed by atoms with Crippen molar-refractivity contribution in [3.05, 3.63) is 59.8 Å². The van der Waals surface area contributed by atoms with Gasteiger partial charge in [0.1, 0.15) is 5.75 Å². The fourth-order valence-electron chi connectivity index (χ4n) is 2.80. The van der Waals surface area contributed by atoms with Crippen molar-refractivity contribution in [2.24, 2.45) is 0 Å². The number of pyridine rings is 1. The Balaban J connectivity index is 1.99. The lowest BCUT2D eigenvalue weighted by Gasteiger charge is -2.13. The van der Waals surface area contributed by atoms with E-state index in [1.165, 1.54) is 5.56 Å². The highest BCUT2D eigenvalue weighted by atomic mass is 16.5. The van der Waals surface area contributed by atoms with Crippen molar-refractivity contribution < 1.29 is 4.74 Å². The summed E-state index contributed by atoms with van der Waals surface area (Å²) in [6.45, 7) is 9.08. The third-order valence-electron chi connectivity index (χ3n) is 4.08. The van der Waals surface area contributed by atoms with Crippen LogP contribution >= 0.6 is 0 Å². The fraction of sp³-hybridized carbons (Fsp3) is 0.286. The van der Waals surface area contributed by atoms with Crippen LogP contribution in [0.15, 0.2) is 48.5 Å². The van der Waals surface area contributed by atoms with Crippen molar-refractivity contribution in [3.63, 3.8) is 0 Å². The first kappa shape index (κ1) is 16.3. The molecule has 0 unspecified atom stereocenters. The molecule has 1 aromatic heterocycles. The minimum absolute atomic E-state index is 0.539. The highest BCUT2D eigenvalue weighted by molar-refractivity contribution is 5.94. The molecule has 24 heavy (non-hydrogen) atoms. The Hall–Kier alpha value is -2.55. The van der Waals surface area contributed by atoms with Gasteiger partial charge < -0.3 is 10.1 Å². The van der Waals surface area contributed by atoms with Crippen LogP contribution < -0.4 is 10.1 Å². The quantitative estimate of drug-likeness (QED) is 0.644. The third-order valence-corrected chi connectivity index (χ3v) is 4.08. The van der Waals surface area contributed by atoms with Gasteiger partial charge in [-0.05, 0) is 61.7 Å². The second-order valence-corrected chi connectivity index (χ2v) is 6.32. The lowest BCUT2D eigenvalue weighted by atomic mass is 10.0. The summed E-state index contributed by atoms with van der Waals surface area (Å²) in [6, 6.07) is 16.7. The minimum Gasteiger partial charge on any atom is -0.494 e. The molecular weight excluding hydrogens is 296 g/mol. The van der Waals surface area contributed by atoms with Gasteiger partial charge >= 0.3 is 0 Å². The van der Waals surface area contributed by atoms with E-state index >= 15 is 0 Å². The first-order chi connectivity index (χ1) is 11.6. The van der Waals surface area contributed by atoms with Gasteiger partial charge in [0.15, 0.2) is 0 Å². The number of fused-ring (bicyclic) bond motifs is 1. The van der Waals surface area contributed by atoms with E-state index in [9.17, 15) is 0 Å². The number of nitrogens with zero attached hydrogens (tertiary/aromatic N) is 1. The van der Waals surface area contributed by atoms with Crippen LogP contribution in [-0.2, 0) is 0 Å². The maximum Gasteiger partial charge on any atom is 0.120 e. The maximum absolute atomic E-state index is 5.64. The van der Waals surface area contributed by atoms with Gasteiger partial charge in [0.25, 0.3) is 0 Å². The average Bonchev–Trinajstić information content (AvgIpc) is 2.56. The number of hydrogen-bond donors (Lipinski definition) is 1. The molecule has 1 N–H and O–H groups in total. The smallest absolute Gasteiger partial charge is 0.120 e. The fourth-order valence-corrected chi connectivity index (χ4v) is 2.80. The van der Waals surface area contributed by atoms with Gasteiger partial charge in [0, 0.05) is 22.5 Å². The molecule has 0 saturated carbocycles. The predicted molar refractivity (Wildman–Crippen MR) is 101 cm³/mol. The summed E-state index contributed by atoms with van der Waals surface area (Å²) in [5, 5.41) is 4.60. The van der Waals surface area contributed by atoms with E-state index in [1.54, 1.807) is 0 Å². The molecule has 3 heteroatoms. The maximum atomic E-state index is 5.64. The molecule has 3 nitrogen and oxygen atoms in total. The highest BCUT2D eigenvalue weighted by Gasteiger charge is 2.07. The molecule has 0 saturated heterocycles. The highest BCUT2D eigenvalue weighted by Crippen LogP contribution is 2.30. The molecule has 3 rings (SSSR count). The normalized spacial score (nSPS) is 11.0. The Morgan fingerprint density at radius 2 is 1.79 bits per heavy atom. The summed E-state index contributed by atoms with van der Waals surface area (Å²) < 4.78 is 5.64. The number of aryl methyl sites for hydroxylation is 1. The van der Waals surface area contributed by atoms with Crippen LogP contribution in [0.2, 0.25) is 0 Å². The lowest BCUT2D eigenvalue weighted by Crippen LogP contribution is -1.97. The standard InChI is InChI=1S/C21H24N2O/c1-5-24-18-10-11-20-19(13-18)21(12-15(4)22-20)23-17-8-6-16(7-9-17)14(2)3/h6-14H,5H2,1-4H3,(H,22,23). The van der Waals surface area contributed by atoms with Gasteiger partial charge in [-0.2, -0.15) is 0 Å². The summed E-state index contributed by atoms with van der Waals surface area (Å²) >= 11 is 0. The van der Waals surface area contributed by atoms with E-state index in [4.69, 9.17) is 4.74 Å². The van der Waals surface area contributed by atoms with E-state index in [-0.39, 0.29) is 0 Å². The summed E-state index contributed by atoms with van der Waals surface area (Å²) in [6.07, 6.45) is 0. The van der Waals surface area contributed by atoms with Crippen LogP contribution in [0.4, 0.5) is 11.4 Å². The second-order valence-electron chi connectivity index (χ2n) is 6.32. The first-order valence-electron chi connectivity index (χ1n) is 8.48. The summed E-state index contributed by atoms with van der Waals surface area (Å²) in [5.41, 5.74) is 5.44. The lowest BCUT2D eigenvalue weighted by molar-refractivity contribution is 0.340. The minimum atomic E-state index is 0.539. The Morgan fingerprint density at radius 3 is 2.46 bits per heavy atom. The zero-order valence-corrected chi connectivity index (χ0v) is 14.8. The summed E-state index contributed by atoms with van der Waals surface area (Å²) in [7, 11) is 0. The molecule has 3 aromatic rings. The summed E-state index contributed by atoms with van der Waals surface area (Å²) in [5.74, 6) is 1.41. The molecule has 0 atom stereocenters. The van der Waals surface area contributed by atoms with E-state index in [0.717, 1.165) is 33.7 Å². The van der Waals surface area contributed by atoms with Crippen molar-refractivity contribution in [3.8, 4) is 5.75 Å². The average molecular weight is 320 g/mol. The number of ether oxygens (including phenoxy) is 1. The number of rotatable bonds is 5. The van der Waals surface area contributed by atoms with Crippen LogP contribution in [0.5, 0.6) is 5.75 Å². The molecule has 0 aliphatic carbocycles. The van der Waals surface area contributed by atoms with Crippen molar-refractivity contribution in [1.29, 1.82) is 0 Å². The molecule has 0 radical (unpaired) electrons. The van der Waals surface area contributed by atoms with Crippen LogP contribution in [0, 0.1) is 6.92 Å². The van der Waals surface area contributed by atoms with Gasteiger partial charge in [0.2, 0.25) is 0 Å². The number of anilines is 2. The molecule has 0 spiro atoms. The molecule has 2 aromatic carbocycles. The number of benzene rings is 2. The zero-order chi connectivity index (χ0) is 17.1. The van der Waals surface area contributed by atoms with Gasteiger partial charge in [-0.3, -0.25) is 4.98 Å². The van der Waals surface area contributed by atoms with Crippen LogP contribution in [0.3, 0.4) is 0 Å². The molecular formula is C21H24N2O. The Kier molecular flexibility index (Phi) is 4.70. The first-order valence-corrected chi connectivity index (χ1v) is 8.48. The summed E-state index contributed by atoms with van der Waals surface area (Å²) in [4.78, 5) is 4.62. The van der Waals surface area contributed by atoms with Crippen LogP contribution in [0.25, 0.3) is 10.9 Å². The van der Waals surface area contributed by atoms with Gasteiger partial charge in [-0.15, -0.1) is 0 Å². The van der Waals surface area contributed by atoms with Crippen LogP contribution in [0.1, 0.15) is 37.9 Å². The molecule has 124 valence electrons. The number of aromatic nitrogens is 1. The van der Waals surface area contributed by atoms with Gasteiger partial charge in [-0.25, -0.2) is 0 Å². The molecule has 0 amide bonds. The van der Waals surface area contributed by atoms with Gasteiger partial charge in [0.05, 0.1) is 12.1 Å². The van der Waals surface area contributed by atoms with Crippen molar-refractivity contribution in [1.82, 2.24) is 4.98 Å². The predicted octanol–water partition coefficient (Wildman–Crippen LogP) is 5.81. The molecule has 0 aliphatic rings. The van der Waals surface area contributed by atoms with Crippen molar-refractivity contribution in [2.45, 2.75) is 33.6 Å². The monoisotopic (exact) mass is 320 g/mol. The molecule has 0 bridgehead atoms. The number of hydrogen-bond acceptors (Lipinski definition) is 3.